The van der Waals surface area contributed by atoms with Crippen molar-refractivity contribution in [2.24, 2.45) is 5.92 Å². The number of halogens is 1. The average molecular weight is 548 g/mol. The maximum absolute atomic E-state index is 13.7. The predicted octanol–water partition coefficient (Wildman–Crippen LogP) is 3.97. The highest BCUT2D eigenvalue weighted by atomic mass is 19.1. The topological polar surface area (TPSA) is 118 Å². The number of piperazine rings is 1. The second kappa shape index (κ2) is 11.7. The second-order valence-electron chi connectivity index (χ2n) is 11.2. The SMILES string of the molecule is CCNC(=O)N1CCN(CCN(C(=O)Nc2ccc(F)c(N)c2)[C@@H]2CC[C@]3(c4cccc(C#N)c4)C[C@@H]3C2)CC1. The van der Waals surface area contributed by atoms with Crippen LogP contribution in [0.4, 0.5) is 25.4 Å². The highest BCUT2D eigenvalue weighted by Crippen LogP contribution is 2.62. The Balaban J connectivity index is 1.25. The molecule has 0 bridgehead atoms. The van der Waals surface area contributed by atoms with Crippen LogP contribution in [0, 0.1) is 23.1 Å². The molecule has 9 nitrogen and oxygen atoms in total. The Labute approximate surface area is 235 Å². The molecular weight excluding hydrogens is 509 g/mol. The highest BCUT2D eigenvalue weighted by Gasteiger charge is 2.58. The number of benzene rings is 2. The van der Waals surface area contributed by atoms with Gasteiger partial charge in [0.2, 0.25) is 0 Å². The third kappa shape index (κ3) is 5.85. The Kier molecular flexibility index (Phi) is 8.12. The van der Waals surface area contributed by atoms with Crippen molar-refractivity contribution in [1.29, 1.82) is 5.26 Å². The number of carbonyl (C=O) groups is 2. The van der Waals surface area contributed by atoms with E-state index in [0.717, 1.165) is 38.8 Å². The summed E-state index contributed by atoms with van der Waals surface area (Å²) in [6, 6.07) is 14.3. The molecule has 4 amide bonds. The molecule has 2 aromatic carbocycles. The van der Waals surface area contributed by atoms with Crippen molar-refractivity contribution in [2.75, 3.05) is 56.9 Å². The van der Waals surface area contributed by atoms with Crippen LogP contribution in [-0.2, 0) is 5.41 Å². The smallest absolute Gasteiger partial charge is 0.322 e. The van der Waals surface area contributed by atoms with Crippen LogP contribution in [0.1, 0.15) is 43.7 Å². The number of nitrogen functional groups attached to an aromatic ring is 1. The molecule has 40 heavy (non-hydrogen) atoms. The van der Waals surface area contributed by atoms with Crippen molar-refractivity contribution in [3.05, 3.63) is 59.4 Å². The Morgan fingerprint density at radius 3 is 2.70 bits per heavy atom. The van der Waals surface area contributed by atoms with Crippen LogP contribution in [-0.4, -0.2) is 78.6 Å². The van der Waals surface area contributed by atoms with Gasteiger partial charge >= 0.3 is 12.1 Å². The number of rotatable bonds is 7. The summed E-state index contributed by atoms with van der Waals surface area (Å²) in [4.78, 5) is 31.8. The lowest BCUT2D eigenvalue weighted by atomic mass is 9.80. The van der Waals surface area contributed by atoms with E-state index in [4.69, 9.17) is 5.73 Å². The van der Waals surface area contributed by atoms with E-state index < -0.39 is 5.82 Å². The number of hydrogen-bond donors (Lipinski definition) is 3. The van der Waals surface area contributed by atoms with Crippen molar-refractivity contribution in [3.8, 4) is 6.07 Å². The summed E-state index contributed by atoms with van der Waals surface area (Å²) in [5.41, 5.74) is 8.22. The molecule has 4 N–H and O–H groups in total. The third-order valence-corrected chi connectivity index (χ3v) is 8.87. The Morgan fingerprint density at radius 1 is 1.20 bits per heavy atom. The second-order valence-corrected chi connectivity index (χ2v) is 11.2. The maximum Gasteiger partial charge on any atom is 0.322 e. The van der Waals surface area contributed by atoms with Crippen LogP contribution in [0.5, 0.6) is 0 Å². The largest absolute Gasteiger partial charge is 0.396 e. The number of anilines is 2. The molecule has 0 unspecified atom stereocenters. The van der Waals surface area contributed by atoms with Gasteiger partial charge in [0, 0.05) is 57.5 Å². The first-order valence-electron chi connectivity index (χ1n) is 14.2. The number of nitrogens with zero attached hydrogens (tertiary/aromatic N) is 4. The number of carbonyl (C=O) groups excluding carboxylic acids is 2. The van der Waals surface area contributed by atoms with Gasteiger partial charge in [-0.25, -0.2) is 14.0 Å². The Morgan fingerprint density at radius 2 is 2.00 bits per heavy atom. The van der Waals surface area contributed by atoms with Crippen molar-refractivity contribution >= 4 is 23.4 Å². The molecule has 3 aliphatic rings. The van der Waals surface area contributed by atoms with Gasteiger partial charge in [0.05, 0.1) is 17.3 Å². The molecule has 3 fully saturated rings. The van der Waals surface area contributed by atoms with E-state index in [9.17, 15) is 19.2 Å². The molecule has 212 valence electrons. The van der Waals surface area contributed by atoms with Crippen LogP contribution in [0.25, 0.3) is 0 Å². The summed E-state index contributed by atoms with van der Waals surface area (Å²) >= 11 is 0. The minimum Gasteiger partial charge on any atom is -0.396 e. The lowest BCUT2D eigenvalue weighted by Crippen LogP contribution is -2.54. The Hall–Kier alpha value is -3.84. The number of nitrogens with two attached hydrogens (primary N) is 1. The van der Waals surface area contributed by atoms with Gasteiger partial charge in [0.25, 0.3) is 0 Å². The van der Waals surface area contributed by atoms with Crippen molar-refractivity contribution < 1.29 is 14.0 Å². The molecule has 1 heterocycles. The molecule has 1 saturated heterocycles. The van der Waals surface area contributed by atoms with Crippen LogP contribution in [0.2, 0.25) is 0 Å². The van der Waals surface area contributed by atoms with E-state index in [-0.39, 0.29) is 29.2 Å². The molecule has 0 spiro atoms. The molecule has 1 aliphatic heterocycles. The summed E-state index contributed by atoms with van der Waals surface area (Å²) in [5, 5.41) is 15.2. The first kappa shape index (κ1) is 27.7. The van der Waals surface area contributed by atoms with Crippen LogP contribution in [0.3, 0.4) is 0 Å². The standard InChI is InChI=1S/C30H38FN7O2/c1-2-34-28(39)37-13-10-36(11-14-37)12-15-38(29(40)35-24-6-7-26(31)27(33)18-24)25-8-9-30(19-23(30)17-25)22-5-3-4-21(16-22)20-32/h3-7,16,18,23,25H,2,8-15,17,19,33H2,1H3,(H,34,39)(H,35,40)/t23-,25+,30+/m0/s1. The monoisotopic (exact) mass is 547 g/mol. The number of urea groups is 2. The van der Waals surface area contributed by atoms with Crippen molar-refractivity contribution in [3.63, 3.8) is 0 Å². The Bertz CT molecular complexity index is 1290. The van der Waals surface area contributed by atoms with Gasteiger partial charge in [-0.05, 0) is 79.8 Å². The van der Waals surface area contributed by atoms with Gasteiger partial charge in [-0.2, -0.15) is 5.26 Å². The van der Waals surface area contributed by atoms with Crippen LogP contribution in [0.15, 0.2) is 42.5 Å². The molecule has 2 aromatic rings. The highest BCUT2D eigenvalue weighted by molar-refractivity contribution is 5.90. The number of fused-ring (bicyclic) bond motifs is 1. The minimum atomic E-state index is -0.514. The fourth-order valence-corrected chi connectivity index (χ4v) is 6.50. The lowest BCUT2D eigenvalue weighted by Gasteiger charge is -2.39. The number of nitriles is 1. The van der Waals surface area contributed by atoms with E-state index in [1.165, 1.54) is 23.8 Å². The zero-order valence-corrected chi connectivity index (χ0v) is 23.0. The predicted molar refractivity (Wildman–Crippen MR) is 152 cm³/mol. The summed E-state index contributed by atoms with van der Waals surface area (Å²) in [6.07, 6.45) is 3.82. The van der Waals surface area contributed by atoms with Crippen LogP contribution >= 0.6 is 0 Å². The zero-order chi connectivity index (χ0) is 28.3. The fraction of sp³-hybridized carbons (Fsp3) is 0.500. The van der Waals surface area contributed by atoms with Gasteiger partial charge < -0.3 is 26.2 Å². The van der Waals surface area contributed by atoms with E-state index in [1.54, 1.807) is 0 Å². The van der Waals surface area contributed by atoms with E-state index in [0.29, 0.717) is 49.9 Å². The third-order valence-electron chi connectivity index (χ3n) is 8.87. The molecule has 0 aromatic heterocycles. The summed E-state index contributed by atoms with van der Waals surface area (Å²) in [7, 11) is 0. The van der Waals surface area contributed by atoms with Crippen molar-refractivity contribution in [2.45, 2.75) is 44.1 Å². The van der Waals surface area contributed by atoms with Gasteiger partial charge in [-0.3, -0.25) is 4.90 Å². The molecular formula is C30H38FN7O2. The molecule has 10 heteroatoms. The first-order chi connectivity index (χ1) is 19.3. The zero-order valence-electron chi connectivity index (χ0n) is 23.0. The van der Waals surface area contributed by atoms with Gasteiger partial charge in [0.15, 0.2) is 0 Å². The number of hydrogen-bond acceptors (Lipinski definition) is 5. The van der Waals surface area contributed by atoms with Gasteiger partial charge in [0.1, 0.15) is 5.82 Å². The van der Waals surface area contributed by atoms with Crippen LogP contribution < -0.4 is 16.4 Å². The number of amides is 4. The van der Waals surface area contributed by atoms with Gasteiger partial charge in [-0.1, -0.05) is 12.1 Å². The fourth-order valence-electron chi connectivity index (χ4n) is 6.50. The number of nitrogens with one attached hydrogen (secondary N) is 2. The van der Waals surface area contributed by atoms with E-state index >= 15 is 0 Å². The quantitative estimate of drug-likeness (QED) is 0.454. The molecule has 0 radical (unpaired) electrons. The lowest BCUT2D eigenvalue weighted by molar-refractivity contribution is 0.116. The summed E-state index contributed by atoms with van der Waals surface area (Å²) in [5.74, 6) is -0.0444. The van der Waals surface area contributed by atoms with E-state index in [1.807, 2.05) is 34.9 Å². The maximum atomic E-state index is 13.7. The molecule has 3 atom stereocenters. The normalized spacial score (nSPS) is 24.0. The average Bonchev–Trinajstić information content (AvgIpc) is 3.71. The van der Waals surface area contributed by atoms with Gasteiger partial charge in [-0.15, -0.1) is 0 Å². The first-order valence-corrected chi connectivity index (χ1v) is 14.2. The van der Waals surface area contributed by atoms with Crippen molar-refractivity contribution in [1.82, 2.24) is 20.0 Å². The molecule has 2 aliphatic carbocycles. The summed E-state index contributed by atoms with van der Waals surface area (Å²) in [6.45, 7) is 6.60. The molecule has 5 rings (SSSR count). The van der Waals surface area contributed by atoms with E-state index in [2.05, 4.69) is 27.7 Å². The molecule has 2 saturated carbocycles. The minimum absolute atomic E-state index is 0.00522. The summed E-state index contributed by atoms with van der Waals surface area (Å²) < 4.78 is 13.7.